The molecular weight excluding hydrogens is 257 g/mol. The molecule has 1 aromatic rings. The molecule has 1 heterocycles. The van der Waals surface area contributed by atoms with Crippen LogP contribution in [0.2, 0.25) is 0 Å². The van der Waals surface area contributed by atoms with Crippen molar-refractivity contribution in [3.63, 3.8) is 0 Å². The molecule has 0 amide bonds. The minimum atomic E-state index is -0.619. The van der Waals surface area contributed by atoms with Gasteiger partial charge in [0.1, 0.15) is 5.82 Å². The normalized spacial score (nSPS) is 21.9. The van der Waals surface area contributed by atoms with Crippen LogP contribution in [0, 0.1) is 5.82 Å². The zero-order valence-corrected chi connectivity index (χ0v) is 11.8. The summed E-state index contributed by atoms with van der Waals surface area (Å²) in [6, 6.07) is 7.01. The molecule has 0 spiro atoms. The van der Waals surface area contributed by atoms with Gasteiger partial charge in [-0.2, -0.15) is 0 Å². The number of halogens is 1. The fourth-order valence-electron chi connectivity index (χ4n) is 2.93. The maximum Gasteiger partial charge on any atom is 0.123 e. The number of aliphatic hydroxyl groups is 2. The summed E-state index contributed by atoms with van der Waals surface area (Å²) < 4.78 is 12.9. The van der Waals surface area contributed by atoms with Crippen molar-refractivity contribution in [2.75, 3.05) is 19.7 Å². The largest absolute Gasteiger partial charge is 0.394 e. The van der Waals surface area contributed by atoms with Gasteiger partial charge in [0.2, 0.25) is 0 Å². The molecular formula is C16H24FNO2. The molecule has 1 saturated heterocycles. The molecule has 2 atom stereocenters. The molecule has 0 saturated carbocycles. The van der Waals surface area contributed by atoms with Crippen LogP contribution in [0.1, 0.15) is 31.2 Å². The van der Waals surface area contributed by atoms with Gasteiger partial charge in [0.25, 0.3) is 0 Å². The summed E-state index contributed by atoms with van der Waals surface area (Å²) in [4.78, 5) is 2.39. The number of hydrogen-bond acceptors (Lipinski definition) is 3. The molecule has 1 aliphatic heterocycles. The van der Waals surface area contributed by atoms with Crippen molar-refractivity contribution in [2.45, 2.75) is 44.2 Å². The Labute approximate surface area is 120 Å². The highest BCUT2D eigenvalue weighted by Crippen LogP contribution is 2.21. The monoisotopic (exact) mass is 281 g/mol. The lowest BCUT2D eigenvalue weighted by atomic mass is 9.96. The molecule has 1 aliphatic rings. The Bertz CT molecular complexity index is 396. The highest BCUT2D eigenvalue weighted by molar-refractivity contribution is 5.16. The molecule has 0 bridgehead atoms. The Morgan fingerprint density at radius 2 is 2.00 bits per heavy atom. The van der Waals surface area contributed by atoms with E-state index in [2.05, 4.69) is 4.90 Å². The maximum absolute atomic E-state index is 12.9. The van der Waals surface area contributed by atoms with Gasteiger partial charge in [0.15, 0.2) is 0 Å². The van der Waals surface area contributed by atoms with Crippen LogP contribution >= 0.6 is 0 Å². The van der Waals surface area contributed by atoms with Crippen molar-refractivity contribution in [1.82, 2.24) is 4.90 Å². The zero-order chi connectivity index (χ0) is 14.4. The van der Waals surface area contributed by atoms with Gasteiger partial charge in [0, 0.05) is 12.6 Å². The second-order valence-electron chi connectivity index (χ2n) is 5.63. The van der Waals surface area contributed by atoms with Gasteiger partial charge >= 0.3 is 0 Å². The first-order valence-electron chi connectivity index (χ1n) is 7.46. The van der Waals surface area contributed by atoms with Crippen LogP contribution in [0.3, 0.4) is 0 Å². The fourth-order valence-corrected chi connectivity index (χ4v) is 2.93. The first kappa shape index (κ1) is 15.4. The summed E-state index contributed by atoms with van der Waals surface area (Å²) in [6.45, 7) is 1.81. The number of aliphatic hydroxyl groups excluding tert-OH is 2. The molecule has 4 heteroatoms. The molecule has 2 rings (SSSR count). The van der Waals surface area contributed by atoms with Crippen LogP contribution in [-0.4, -0.2) is 47.0 Å². The van der Waals surface area contributed by atoms with Gasteiger partial charge in [-0.15, -0.1) is 0 Å². The summed E-state index contributed by atoms with van der Waals surface area (Å²) in [6.07, 6.45) is 4.38. The lowest BCUT2D eigenvalue weighted by Crippen LogP contribution is -2.43. The second kappa shape index (κ2) is 7.72. The van der Waals surface area contributed by atoms with Crippen molar-refractivity contribution in [3.8, 4) is 0 Å². The lowest BCUT2D eigenvalue weighted by Gasteiger charge is -2.36. The molecule has 0 aromatic heterocycles. The number of rotatable bonds is 6. The summed E-state index contributed by atoms with van der Waals surface area (Å²) in [7, 11) is 0. The van der Waals surface area contributed by atoms with Crippen molar-refractivity contribution in [1.29, 1.82) is 0 Å². The van der Waals surface area contributed by atoms with Crippen LogP contribution in [0.25, 0.3) is 0 Å². The van der Waals surface area contributed by atoms with E-state index < -0.39 is 6.10 Å². The third-order valence-corrected chi connectivity index (χ3v) is 4.10. The van der Waals surface area contributed by atoms with Gasteiger partial charge in [-0.3, -0.25) is 4.90 Å². The number of hydrogen-bond donors (Lipinski definition) is 2. The highest BCUT2D eigenvalue weighted by Gasteiger charge is 2.24. The van der Waals surface area contributed by atoms with Gasteiger partial charge < -0.3 is 10.2 Å². The van der Waals surface area contributed by atoms with Crippen molar-refractivity contribution >= 4 is 0 Å². The van der Waals surface area contributed by atoms with Gasteiger partial charge in [-0.25, -0.2) is 4.39 Å². The van der Waals surface area contributed by atoms with Gasteiger partial charge in [0.05, 0.1) is 12.7 Å². The Kier molecular flexibility index (Phi) is 5.95. The predicted octanol–water partition coefficient (Wildman–Crippen LogP) is 1.97. The molecule has 0 radical (unpaired) electrons. The number of piperidine rings is 1. The van der Waals surface area contributed by atoms with Crippen LogP contribution in [0.15, 0.2) is 24.3 Å². The molecule has 2 N–H and O–H groups in total. The van der Waals surface area contributed by atoms with Crippen molar-refractivity contribution < 1.29 is 14.6 Å². The molecule has 1 aromatic carbocycles. The Morgan fingerprint density at radius 3 is 2.70 bits per heavy atom. The smallest absolute Gasteiger partial charge is 0.123 e. The first-order chi connectivity index (χ1) is 9.69. The highest BCUT2D eigenvalue weighted by atomic mass is 19.1. The number of likely N-dealkylation sites (tertiary alicyclic amines) is 1. The summed E-state index contributed by atoms with van der Waals surface area (Å²) in [5.41, 5.74) is 1.14. The predicted molar refractivity (Wildman–Crippen MR) is 77.0 cm³/mol. The van der Waals surface area contributed by atoms with E-state index >= 15 is 0 Å². The Morgan fingerprint density at radius 1 is 1.25 bits per heavy atom. The molecule has 1 fully saturated rings. The minimum Gasteiger partial charge on any atom is -0.394 e. The zero-order valence-electron chi connectivity index (χ0n) is 11.8. The topological polar surface area (TPSA) is 43.7 Å². The Balaban J connectivity index is 1.86. The van der Waals surface area contributed by atoms with E-state index in [0.29, 0.717) is 12.5 Å². The third-order valence-electron chi connectivity index (χ3n) is 4.10. The van der Waals surface area contributed by atoms with E-state index in [9.17, 15) is 9.50 Å². The molecule has 3 nitrogen and oxygen atoms in total. The summed E-state index contributed by atoms with van der Waals surface area (Å²) >= 11 is 0. The quantitative estimate of drug-likeness (QED) is 0.838. The number of nitrogens with zero attached hydrogens (tertiary/aromatic N) is 1. The van der Waals surface area contributed by atoms with Gasteiger partial charge in [-0.05, 0) is 49.9 Å². The van der Waals surface area contributed by atoms with Crippen LogP contribution < -0.4 is 0 Å². The lowest BCUT2D eigenvalue weighted by molar-refractivity contribution is 0.0439. The van der Waals surface area contributed by atoms with E-state index in [-0.39, 0.29) is 12.4 Å². The standard InChI is InChI=1S/C16H24FNO2/c17-14-6-4-13(5-7-14)8-10-18-9-2-1-3-15(18)11-16(20)12-19/h4-7,15-16,19-20H,1-3,8-12H2. The average Bonchev–Trinajstić information content (AvgIpc) is 2.48. The fraction of sp³-hybridized carbons (Fsp3) is 0.625. The van der Waals surface area contributed by atoms with E-state index in [0.717, 1.165) is 31.5 Å². The summed E-state index contributed by atoms with van der Waals surface area (Å²) in [5, 5.41) is 18.6. The van der Waals surface area contributed by atoms with E-state index in [1.54, 1.807) is 0 Å². The average molecular weight is 281 g/mol. The SMILES string of the molecule is OCC(O)CC1CCCCN1CCc1ccc(F)cc1. The molecule has 2 unspecified atom stereocenters. The first-order valence-corrected chi connectivity index (χ1v) is 7.46. The summed E-state index contributed by atoms with van der Waals surface area (Å²) in [5.74, 6) is -0.198. The molecule has 0 aliphatic carbocycles. The van der Waals surface area contributed by atoms with Crippen LogP contribution in [0.4, 0.5) is 4.39 Å². The van der Waals surface area contributed by atoms with Gasteiger partial charge in [-0.1, -0.05) is 18.6 Å². The van der Waals surface area contributed by atoms with E-state index in [1.807, 2.05) is 12.1 Å². The molecule has 20 heavy (non-hydrogen) atoms. The van der Waals surface area contributed by atoms with E-state index in [1.165, 1.54) is 25.0 Å². The number of benzene rings is 1. The van der Waals surface area contributed by atoms with Crippen LogP contribution in [-0.2, 0) is 6.42 Å². The second-order valence-corrected chi connectivity index (χ2v) is 5.63. The minimum absolute atomic E-state index is 0.164. The Hall–Kier alpha value is -0.970. The van der Waals surface area contributed by atoms with Crippen molar-refractivity contribution in [2.24, 2.45) is 0 Å². The van der Waals surface area contributed by atoms with E-state index in [4.69, 9.17) is 5.11 Å². The molecule has 112 valence electrons. The maximum atomic E-state index is 12.9. The van der Waals surface area contributed by atoms with Crippen molar-refractivity contribution in [3.05, 3.63) is 35.6 Å². The third kappa shape index (κ3) is 4.54. The van der Waals surface area contributed by atoms with Crippen LogP contribution in [0.5, 0.6) is 0 Å².